The SMILES string of the molecule is Cc1ccc(C(=O)COC(=O)CCc2nc3sc4c(c3c(=O)[nH]2)CCCC4)s1. The fourth-order valence-electron chi connectivity index (χ4n) is 3.42. The van der Waals surface area contributed by atoms with E-state index in [0.717, 1.165) is 41.0 Å². The van der Waals surface area contributed by atoms with E-state index in [-0.39, 0.29) is 30.8 Å². The molecule has 28 heavy (non-hydrogen) atoms. The molecule has 0 amide bonds. The van der Waals surface area contributed by atoms with Crippen molar-refractivity contribution in [3.63, 3.8) is 0 Å². The van der Waals surface area contributed by atoms with Crippen LogP contribution < -0.4 is 5.56 Å². The molecular formula is C20H20N2O4S2. The summed E-state index contributed by atoms with van der Waals surface area (Å²) in [5.74, 6) is -0.202. The molecule has 1 N–H and O–H groups in total. The average molecular weight is 417 g/mol. The predicted octanol–water partition coefficient (Wildman–Crippen LogP) is 3.59. The molecule has 6 nitrogen and oxygen atoms in total. The Labute approximate surface area is 169 Å². The Morgan fingerprint density at radius 1 is 1.21 bits per heavy atom. The lowest BCUT2D eigenvalue weighted by Crippen LogP contribution is -2.16. The number of carbonyl (C=O) groups is 2. The molecule has 0 radical (unpaired) electrons. The van der Waals surface area contributed by atoms with E-state index in [1.807, 2.05) is 13.0 Å². The maximum Gasteiger partial charge on any atom is 0.306 e. The van der Waals surface area contributed by atoms with Gasteiger partial charge in [-0.15, -0.1) is 22.7 Å². The maximum atomic E-state index is 12.5. The quantitative estimate of drug-likeness (QED) is 0.490. The Bertz CT molecular complexity index is 1110. The van der Waals surface area contributed by atoms with Gasteiger partial charge in [0.25, 0.3) is 5.56 Å². The number of Topliss-reactive ketones (excluding diaryl/α,β-unsaturated/α-hetero) is 1. The molecule has 3 aromatic rings. The fraction of sp³-hybridized carbons (Fsp3) is 0.400. The smallest absolute Gasteiger partial charge is 0.306 e. The van der Waals surface area contributed by atoms with Crippen molar-refractivity contribution in [3.05, 3.63) is 48.5 Å². The highest BCUT2D eigenvalue weighted by Gasteiger charge is 2.20. The van der Waals surface area contributed by atoms with Gasteiger partial charge in [0.05, 0.1) is 16.7 Å². The third-order valence-corrected chi connectivity index (χ3v) is 7.05. The first-order valence-electron chi connectivity index (χ1n) is 9.30. The van der Waals surface area contributed by atoms with Gasteiger partial charge < -0.3 is 9.72 Å². The molecule has 0 aliphatic heterocycles. The highest BCUT2D eigenvalue weighted by atomic mass is 32.1. The number of H-pyrrole nitrogens is 1. The fourth-order valence-corrected chi connectivity index (χ4v) is 5.49. The predicted molar refractivity (Wildman–Crippen MR) is 110 cm³/mol. The molecule has 8 heteroatoms. The van der Waals surface area contributed by atoms with Gasteiger partial charge in [-0.25, -0.2) is 4.98 Å². The van der Waals surface area contributed by atoms with Gasteiger partial charge in [0, 0.05) is 16.2 Å². The van der Waals surface area contributed by atoms with Crippen LogP contribution in [0.1, 0.15) is 50.1 Å². The van der Waals surface area contributed by atoms with E-state index in [1.165, 1.54) is 16.2 Å². The molecular weight excluding hydrogens is 396 g/mol. The first kappa shape index (κ1) is 19.0. The van der Waals surface area contributed by atoms with Crippen molar-refractivity contribution in [1.82, 2.24) is 9.97 Å². The normalized spacial score (nSPS) is 13.5. The van der Waals surface area contributed by atoms with Crippen LogP contribution in [0.25, 0.3) is 10.2 Å². The first-order chi connectivity index (χ1) is 13.5. The van der Waals surface area contributed by atoms with Crippen molar-refractivity contribution >= 4 is 44.6 Å². The average Bonchev–Trinajstić information content (AvgIpc) is 3.27. The molecule has 146 valence electrons. The summed E-state index contributed by atoms with van der Waals surface area (Å²) < 4.78 is 5.07. The highest BCUT2D eigenvalue weighted by Crippen LogP contribution is 2.33. The maximum absolute atomic E-state index is 12.5. The van der Waals surface area contributed by atoms with Crippen molar-refractivity contribution < 1.29 is 14.3 Å². The van der Waals surface area contributed by atoms with E-state index in [2.05, 4.69) is 9.97 Å². The molecule has 0 unspecified atom stereocenters. The summed E-state index contributed by atoms with van der Waals surface area (Å²) in [6.07, 6.45) is 4.55. The zero-order valence-corrected chi connectivity index (χ0v) is 17.1. The van der Waals surface area contributed by atoms with Crippen molar-refractivity contribution in [2.75, 3.05) is 6.61 Å². The largest absolute Gasteiger partial charge is 0.457 e. The van der Waals surface area contributed by atoms with Crippen LogP contribution in [0.5, 0.6) is 0 Å². The lowest BCUT2D eigenvalue weighted by molar-refractivity contribution is -0.142. The Morgan fingerprint density at radius 3 is 2.82 bits per heavy atom. The van der Waals surface area contributed by atoms with E-state index in [4.69, 9.17) is 4.74 Å². The van der Waals surface area contributed by atoms with Crippen LogP contribution in [-0.4, -0.2) is 28.3 Å². The second kappa shape index (κ2) is 7.97. The molecule has 0 saturated heterocycles. The summed E-state index contributed by atoms with van der Waals surface area (Å²) in [6.45, 7) is 1.65. The number of aryl methyl sites for hydroxylation is 4. The Balaban J connectivity index is 1.38. The van der Waals surface area contributed by atoms with Crippen LogP contribution >= 0.6 is 22.7 Å². The number of thiophene rings is 2. The van der Waals surface area contributed by atoms with Crippen molar-refractivity contribution in [3.8, 4) is 0 Å². The van der Waals surface area contributed by atoms with E-state index >= 15 is 0 Å². The summed E-state index contributed by atoms with van der Waals surface area (Å²) >= 11 is 2.97. The van der Waals surface area contributed by atoms with E-state index in [0.29, 0.717) is 16.1 Å². The van der Waals surface area contributed by atoms with Crippen LogP contribution in [-0.2, 0) is 28.8 Å². The van der Waals surface area contributed by atoms with Crippen LogP contribution in [0.2, 0.25) is 0 Å². The standard InChI is InChI=1S/C20H20N2O4S2/c1-11-6-7-15(27-11)13(23)10-26-17(24)9-8-16-21-19(25)18-12-4-2-3-5-14(12)28-20(18)22-16/h6-7H,2-5,8-10H2,1H3,(H,21,22,25). The number of hydrogen-bond acceptors (Lipinski definition) is 7. The lowest BCUT2D eigenvalue weighted by Gasteiger charge is -2.09. The van der Waals surface area contributed by atoms with Crippen LogP contribution in [0.3, 0.4) is 0 Å². The lowest BCUT2D eigenvalue weighted by atomic mass is 9.97. The number of nitrogens with zero attached hydrogens (tertiary/aromatic N) is 1. The van der Waals surface area contributed by atoms with E-state index in [9.17, 15) is 14.4 Å². The molecule has 0 spiro atoms. The molecule has 0 fully saturated rings. The van der Waals surface area contributed by atoms with Gasteiger partial charge in [0.15, 0.2) is 6.61 Å². The number of ketones is 1. The molecule has 3 aromatic heterocycles. The second-order valence-corrected chi connectivity index (χ2v) is 9.27. The van der Waals surface area contributed by atoms with Crippen LogP contribution in [0, 0.1) is 6.92 Å². The summed E-state index contributed by atoms with van der Waals surface area (Å²) in [6, 6.07) is 3.60. The van der Waals surface area contributed by atoms with Crippen LogP contribution in [0.4, 0.5) is 0 Å². The van der Waals surface area contributed by atoms with E-state index < -0.39 is 5.97 Å². The number of nitrogens with one attached hydrogen (secondary N) is 1. The Morgan fingerprint density at radius 2 is 2.04 bits per heavy atom. The minimum absolute atomic E-state index is 0.0658. The highest BCUT2D eigenvalue weighted by molar-refractivity contribution is 7.18. The van der Waals surface area contributed by atoms with Gasteiger partial charge >= 0.3 is 5.97 Å². The van der Waals surface area contributed by atoms with Crippen molar-refractivity contribution in [2.45, 2.75) is 45.4 Å². The molecule has 0 aromatic carbocycles. The molecule has 0 bridgehead atoms. The number of aromatic nitrogens is 2. The zero-order chi connectivity index (χ0) is 19.7. The number of aromatic amines is 1. The second-order valence-electron chi connectivity index (χ2n) is 6.90. The molecule has 0 saturated carbocycles. The molecule has 4 rings (SSSR count). The van der Waals surface area contributed by atoms with E-state index in [1.54, 1.807) is 17.4 Å². The number of hydrogen-bond donors (Lipinski definition) is 1. The Kier molecular flexibility index (Phi) is 5.41. The first-order valence-corrected chi connectivity index (χ1v) is 10.9. The number of rotatable bonds is 6. The number of esters is 1. The van der Waals surface area contributed by atoms with Gasteiger partial charge in [-0.2, -0.15) is 0 Å². The van der Waals surface area contributed by atoms with Gasteiger partial charge in [0.2, 0.25) is 5.78 Å². The zero-order valence-electron chi connectivity index (χ0n) is 15.5. The summed E-state index contributed by atoms with van der Waals surface area (Å²) in [5.41, 5.74) is 1.02. The minimum Gasteiger partial charge on any atom is -0.457 e. The van der Waals surface area contributed by atoms with Gasteiger partial charge in [-0.05, 0) is 50.3 Å². The molecule has 3 heterocycles. The van der Waals surface area contributed by atoms with Crippen molar-refractivity contribution in [1.29, 1.82) is 0 Å². The number of ether oxygens (including phenoxy) is 1. The van der Waals surface area contributed by atoms with Gasteiger partial charge in [-0.1, -0.05) is 0 Å². The monoisotopic (exact) mass is 416 g/mol. The molecule has 0 atom stereocenters. The van der Waals surface area contributed by atoms with Gasteiger partial charge in [0.1, 0.15) is 10.7 Å². The summed E-state index contributed by atoms with van der Waals surface area (Å²) in [5, 5.41) is 0.711. The summed E-state index contributed by atoms with van der Waals surface area (Å²) in [7, 11) is 0. The Hall–Kier alpha value is -2.32. The molecule has 1 aliphatic rings. The topological polar surface area (TPSA) is 89.1 Å². The third kappa shape index (κ3) is 3.93. The number of fused-ring (bicyclic) bond motifs is 3. The van der Waals surface area contributed by atoms with Crippen LogP contribution in [0.15, 0.2) is 16.9 Å². The van der Waals surface area contributed by atoms with Crippen molar-refractivity contribution in [2.24, 2.45) is 0 Å². The van der Waals surface area contributed by atoms with Gasteiger partial charge in [-0.3, -0.25) is 14.4 Å². The third-order valence-electron chi connectivity index (χ3n) is 4.82. The number of carbonyl (C=O) groups excluding carboxylic acids is 2. The summed E-state index contributed by atoms with van der Waals surface area (Å²) in [4.78, 5) is 47.5. The molecule has 1 aliphatic carbocycles. The minimum atomic E-state index is -0.477.